The fourth-order valence-corrected chi connectivity index (χ4v) is 2.95. The molecular weight excluding hydrogens is 286 g/mol. The summed E-state index contributed by atoms with van der Waals surface area (Å²) in [5, 5.41) is 4.21. The second kappa shape index (κ2) is 5.52. The van der Waals surface area contributed by atoms with E-state index in [0.717, 1.165) is 15.4 Å². The Morgan fingerprint density at radius 1 is 1.50 bits per heavy atom. The Kier molecular flexibility index (Phi) is 4.28. The normalized spacial score (nSPS) is 18.2. The van der Waals surface area contributed by atoms with E-state index < -0.39 is 0 Å². The average Bonchev–Trinajstić information content (AvgIpc) is 2.21. The topological polar surface area (TPSA) is 12.0 Å². The van der Waals surface area contributed by atoms with E-state index in [1.54, 1.807) is 0 Å². The standard InChI is InChI=1S/C13H17BrClN/c1-16-13(7-9-3-2-4-9)11-8-10(15)5-6-12(11)14/h5-6,8-9,13,16H,2-4,7H2,1H3. The molecule has 2 rings (SSSR count). The summed E-state index contributed by atoms with van der Waals surface area (Å²) in [6.07, 6.45) is 5.39. The quantitative estimate of drug-likeness (QED) is 0.860. The molecule has 3 heteroatoms. The smallest absolute Gasteiger partial charge is 0.0410 e. The van der Waals surface area contributed by atoms with E-state index in [1.807, 2.05) is 19.2 Å². The molecule has 0 aliphatic heterocycles. The van der Waals surface area contributed by atoms with E-state index in [9.17, 15) is 0 Å². The van der Waals surface area contributed by atoms with E-state index in [0.29, 0.717) is 6.04 Å². The third kappa shape index (κ3) is 2.79. The first-order valence-electron chi connectivity index (χ1n) is 5.83. The molecule has 0 amide bonds. The molecule has 0 saturated heterocycles. The van der Waals surface area contributed by atoms with Crippen LogP contribution in [0.2, 0.25) is 5.02 Å². The Balaban J connectivity index is 2.14. The first-order chi connectivity index (χ1) is 7.70. The summed E-state index contributed by atoms with van der Waals surface area (Å²) >= 11 is 9.66. The summed E-state index contributed by atoms with van der Waals surface area (Å²) in [7, 11) is 2.02. The van der Waals surface area contributed by atoms with Gasteiger partial charge in [-0.25, -0.2) is 0 Å². The second-order valence-electron chi connectivity index (χ2n) is 4.54. The van der Waals surface area contributed by atoms with Gasteiger partial charge in [0.25, 0.3) is 0 Å². The van der Waals surface area contributed by atoms with Crippen LogP contribution < -0.4 is 5.32 Å². The molecule has 0 spiro atoms. The SMILES string of the molecule is CNC(CC1CCC1)c1cc(Cl)ccc1Br. The molecule has 88 valence electrons. The van der Waals surface area contributed by atoms with Gasteiger partial charge >= 0.3 is 0 Å². The molecule has 1 atom stereocenters. The molecule has 1 N–H and O–H groups in total. The lowest BCUT2D eigenvalue weighted by molar-refractivity contribution is 0.265. The Morgan fingerprint density at radius 3 is 2.81 bits per heavy atom. The zero-order chi connectivity index (χ0) is 11.5. The van der Waals surface area contributed by atoms with E-state index in [-0.39, 0.29) is 0 Å². The Hall–Kier alpha value is -0.0500. The van der Waals surface area contributed by atoms with Gasteiger partial charge in [0.1, 0.15) is 0 Å². The second-order valence-corrected chi connectivity index (χ2v) is 5.83. The molecule has 1 aromatic carbocycles. The highest BCUT2D eigenvalue weighted by Gasteiger charge is 2.23. The third-order valence-corrected chi connectivity index (χ3v) is 4.43. The molecule has 1 unspecified atom stereocenters. The van der Waals surface area contributed by atoms with Gasteiger partial charge in [-0.15, -0.1) is 0 Å². The molecule has 0 heterocycles. The van der Waals surface area contributed by atoms with Gasteiger partial charge in [0.15, 0.2) is 0 Å². The highest BCUT2D eigenvalue weighted by molar-refractivity contribution is 9.10. The molecule has 1 fully saturated rings. The number of hydrogen-bond acceptors (Lipinski definition) is 1. The predicted molar refractivity (Wildman–Crippen MR) is 72.9 cm³/mol. The van der Waals surface area contributed by atoms with Gasteiger partial charge in [-0.3, -0.25) is 0 Å². The van der Waals surface area contributed by atoms with Gasteiger partial charge in [-0.05, 0) is 43.1 Å². The van der Waals surface area contributed by atoms with Gasteiger partial charge in [0.05, 0.1) is 0 Å². The van der Waals surface area contributed by atoms with Crippen molar-refractivity contribution in [1.29, 1.82) is 0 Å². The van der Waals surface area contributed by atoms with Crippen LogP contribution in [0.25, 0.3) is 0 Å². The maximum Gasteiger partial charge on any atom is 0.0410 e. The Labute approximate surface area is 111 Å². The Morgan fingerprint density at radius 2 is 2.25 bits per heavy atom. The van der Waals surface area contributed by atoms with Crippen molar-refractivity contribution in [3.63, 3.8) is 0 Å². The minimum atomic E-state index is 0.415. The molecule has 1 aliphatic carbocycles. The molecule has 0 radical (unpaired) electrons. The van der Waals surface area contributed by atoms with Crippen molar-refractivity contribution in [3.8, 4) is 0 Å². The van der Waals surface area contributed by atoms with Crippen LogP contribution in [0, 0.1) is 5.92 Å². The molecule has 16 heavy (non-hydrogen) atoms. The van der Waals surface area contributed by atoms with Crippen LogP contribution in [-0.2, 0) is 0 Å². The fraction of sp³-hybridized carbons (Fsp3) is 0.538. The summed E-state index contributed by atoms with van der Waals surface area (Å²) in [5.74, 6) is 0.892. The molecule has 1 aliphatic rings. The number of hydrogen-bond donors (Lipinski definition) is 1. The summed E-state index contributed by atoms with van der Waals surface area (Å²) in [4.78, 5) is 0. The van der Waals surface area contributed by atoms with E-state index >= 15 is 0 Å². The van der Waals surface area contributed by atoms with Crippen molar-refractivity contribution in [1.82, 2.24) is 5.32 Å². The van der Waals surface area contributed by atoms with Gasteiger partial charge < -0.3 is 5.32 Å². The van der Waals surface area contributed by atoms with Crippen LogP contribution in [0.1, 0.15) is 37.3 Å². The first kappa shape index (κ1) is 12.4. The van der Waals surface area contributed by atoms with Crippen molar-refractivity contribution >= 4 is 27.5 Å². The monoisotopic (exact) mass is 301 g/mol. The van der Waals surface area contributed by atoms with E-state index in [1.165, 1.54) is 31.2 Å². The lowest BCUT2D eigenvalue weighted by atomic mass is 9.79. The minimum Gasteiger partial charge on any atom is -0.313 e. The van der Waals surface area contributed by atoms with Crippen molar-refractivity contribution in [3.05, 3.63) is 33.3 Å². The maximum atomic E-state index is 6.05. The number of benzene rings is 1. The molecule has 1 aromatic rings. The van der Waals surface area contributed by atoms with Crippen molar-refractivity contribution in [2.45, 2.75) is 31.7 Å². The van der Waals surface area contributed by atoms with Crippen molar-refractivity contribution in [2.24, 2.45) is 5.92 Å². The number of halogens is 2. The summed E-state index contributed by atoms with van der Waals surface area (Å²) in [5.41, 5.74) is 1.28. The molecule has 1 nitrogen and oxygen atoms in total. The maximum absolute atomic E-state index is 6.05. The molecule has 1 saturated carbocycles. The zero-order valence-electron chi connectivity index (χ0n) is 9.47. The van der Waals surface area contributed by atoms with Crippen LogP contribution in [-0.4, -0.2) is 7.05 Å². The molecular formula is C13H17BrClN. The zero-order valence-corrected chi connectivity index (χ0v) is 11.8. The van der Waals surface area contributed by atoms with E-state index in [2.05, 4.69) is 27.3 Å². The summed E-state index contributed by atoms with van der Waals surface area (Å²) in [6.45, 7) is 0. The van der Waals surface area contributed by atoms with Gasteiger partial charge in [-0.1, -0.05) is 46.8 Å². The summed E-state index contributed by atoms with van der Waals surface area (Å²) < 4.78 is 1.15. The first-order valence-corrected chi connectivity index (χ1v) is 7.00. The fourth-order valence-electron chi connectivity index (χ4n) is 2.24. The van der Waals surface area contributed by atoms with Gasteiger partial charge in [-0.2, -0.15) is 0 Å². The predicted octanol–water partition coefficient (Wildman–Crippen LogP) is 4.55. The third-order valence-electron chi connectivity index (χ3n) is 3.48. The molecule has 0 aromatic heterocycles. The van der Waals surface area contributed by atoms with Crippen LogP contribution in [0.5, 0.6) is 0 Å². The number of rotatable bonds is 4. The largest absolute Gasteiger partial charge is 0.313 e. The highest BCUT2D eigenvalue weighted by Crippen LogP contribution is 2.37. The van der Waals surface area contributed by atoms with Crippen LogP contribution in [0.3, 0.4) is 0 Å². The lowest BCUT2D eigenvalue weighted by Gasteiger charge is -2.30. The van der Waals surface area contributed by atoms with Crippen LogP contribution in [0.15, 0.2) is 22.7 Å². The number of nitrogens with one attached hydrogen (secondary N) is 1. The highest BCUT2D eigenvalue weighted by atomic mass is 79.9. The van der Waals surface area contributed by atoms with E-state index in [4.69, 9.17) is 11.6 Å². The minimum absolute atomic E-state index is 0.415. The van der Waals surface area contributed by atoms with Gasteiger partial charge in [0, 0.05) is 15.5 Å². The van der Waals surface area contributed by atoms with Crippen molar-refractivity contribution < 1.29 is 0 Å². The average molecular weight is 303 g/mol. The van der Waals surface area contributed by atoms with Crippen molar-refractivity contribution in [2.75, 3.05) is 7.05 Å². The molecule has 0 bridgehead atoms. The van der Waals surface area contributed by atoms with Crippen LogP contribution in [0.4, 0.5) is 0 Å². The lowest BCUT2D eigenvalue weighted by Crippen LogP contribution is -2.23. The Bertz CT molecular complexity index is 363. The van der Waals surface area contributed by atoms with Gasteiger partial charge in [0.2, 0.25) is 0 Å². The van der Waals surface area contributed by atoms with Crippen LogP contribution >= 0.6 is 27.5 Å². The summed E-state index contributed by atoms with van der Waals surface area (Å²) in [6, 6.07) is 6.43.